The first kappa shape index (κ1) is 12.1. The minimum atomic E-state index is 0.272. The van der Waals surface area contributed by atoms with Crippen molar-refractivity contribution in [1.29, 1.82) is 0 Å². The average Bonchev–Trinajstić information content (AvgIpc) is 2.86. The SMILES string of the molecule is COCCOCC(=O)CC1CC2CCC1C2. The zero-order chi connectivity index (χ0) is 11.4. The van der Waals surface area contributed by atoms with Crippen LogP contribution in [0.4, 0.5) is 0 Å². The van der Waals surface area contributed by atoms with Gasteiger partial charge in [-0.1, -0.05) is 6.42 Å². The van der Waals surface area contributed by atoms with Crippen molar-refractivity contribution in [3.63, 3.8) is 0 Å². The second-order valence-electron chi connectivity index (χ2n) is 5.22. The van der Waals surface area contributed by atoms with Crippen LogP contribution in [0.5, 0.6) is 0 Å². The molecule has 3 atom stereocenters. The highest BCUT2D eigenvalue weighted by Gasteiger charge is 2.39. The van der Waals surface area contributed by atoms with Crippen LogP contribution in [0.3, 0.4) is 0 Å². The quantitative estimate of drug-likeness (QED) is 0.623. The van der Waals surface area contributed by atoms with Crippen molar-refractivity contribution >= 4 is 5.78 Å². The highest BCUT2D eigenvalue weighted by Crippen LogP contribution is 2.49. The minimum Gasteiger partial charge on any atom is -0.382 e. The summed E-state index contributed by atoms with van der Waals surface area (Å²) in [4.78, 5) is 11.7. The molecule has 3 nitrogen and oxygen atoms in total. The molecule has 0 aromatic carbocycles. The summed E-state index contributed by atoms with van der Waals surface area (Å²) in [6.07, 6.45) is 6.16. The monoisotopic (exact) mass is 226 g/mol. The average molecular weight is 226 g/mol. The fourth-order valence-electron chi connectivity index (χ4n) is 3.31. The maximum Gasteiger partial charge on any atom is 0.158 e. The third-order valence-electron chi connectivity index (χ3n) is 4.07. The Hall–Kier alpha value is -0.410. The third kappa shape index (κ3) is 3.05. The summed E-state index contributed by atoms with van der Waals surface area (Å²) in [6, 6.07) is 0. The summed E-state index contributed by atoms with van der Waals surface area (Å²) < 4.78 is 10.1. The summed E-state index contributed by atoms with van der Waals surface area (Å²) in [5.41, 5.74) is 0. The van der Waals surface area contributed by atoms with Crippen molar-refractivity contribution < 1.29 is 14.3 Å². The van der Waals surface area contributed by atoms with Gasteiger partial charge in [-0.25, -0.2) is 0 Å². The van der Waals surface area contributed by atoms with Crippen molar-refractivity contribution in [1.82, 2.24) is 0 Å². The van der Waals surface area contributed by atoms with Gasteiger partial charge in [0.05, 0.1) is 13.2 Å². The number of carbonyl (C=O) groups is 1. The van der Waals surface area contributed by atoms with E-state index >= 15 is 0 Å². The van der Waals surface area contributed by atoms with E-state index in [0.717, 1.165) is 18.3 Å². The van der Waals surface area contributed by atoms with Crippen LogP contribution in [-0.2, 0) is 14.3 Å². The molecule has 2 saturated carbocycles. The number of fused-ring (bicyclic) bond motifs is 2. The molecule has 3 heteroatoms. The van der Waals surface area contributed by atoms with E-state index in [1.54, 1.807) is 7.11 Å². The predicted octanol–water partition coefficient (Wildman–Crippen LogP) is 2.04. The molecule has 0 heterocycles. The summed E-state index contributed by atoms with van der Waals surface area (Å²) in [5, 5.41) is 0. The smallest absolute Gasteiger partial charge is 0.158 e. The number of methoxy groups -OCH3 is 1. The fourth-order valence-corrected chi connectivity index (χ4v) is 3.31. The Morgan fingerprint density at radius 1 is 1.25 bits per heavy atom. The van der Waals surface area contributed by atoms with Crippen LogP contribution >= 0.6 is 0 Å². The number of hydrogen-bond acceptors (Lipinski definition) is 3. The van der Waals surface area contributed by atoms with Gasteiger partial charge in [0.25, 0.3) is 0 Å². The zero-order valence-electron chi connectivity index (χ0n) is 10.1. The number of hydrogen-bond donors (Lipinski definition) is 0. The predicted molar refractivity (Wildman–Crippen MR) is 61.3 cm³/mol. The van der Waals surface area contributed by atoms with E-state index in [2.05, 4.69) is 0 Å². The highest BCUT2D eigenvalue weighted by atomic mass is 16.5. The van der Waals surface area contributed by atoms with Crippen molar-refractivity contribution in [2.24, 2.45) is 17.8 Å². The van der Waals surface area contributed by atoms with E-state index in [-0.39, 0.29) is 12.4 Å². The second-order valence-corrected chi connectivity index (χ2v) is 5.22. The van der Waals surface area contributed by atoms with E-state index in [1.165, 1.54) is 25.7 Å². The van der Waals surface area contributed by atoms with Gasteiger partial charge in [0.2, 0.25) is 0 Å². The lowest BCUT2D eigenvalue weighted by Gasteiger charge is -2.20. The first-order chi connectivity index (χ1) is 7.79. The van der Waals surface area contributed by atoms with E-state index in [9.17, 15) is 4.79 Å². The van der Waals surface area contributed by atoms with Gasteiger partial charge in [0, 0.05) is 13.5 Å². The summed E-state index contributed by atoms with van der Waals surface area (Å²) >= 11 is 0. The molecular formula is C13H22O3. The van der Waals surface area contributed by atoms with E-state index < -0.39 is 0 Å². The Morgan fingerprint density at radius 2 is 2.12 bits per heavy atom. The lowest BCUT2D eigenvalue weighted by molar-refractivity contribution is -0.125. The van der Waals surface area contributed by atoms with Gasteiger partial charge in [-0.15, -0.1) is 0 Å². The fraction of sp³-hybridized carbons (Fsp3) is 0.923. The summed E-state index contributed by atoms with van der Waals surface area (Å²) in [5.74, 6) is 2.70. The molecule has 92 valence electrons. The molecule has 2 aliphatic carbocycles. The lowest BCUT2D eigenvalue weighted by Crippen LogP contribution is -2.19. The minimum absolute atomic E-state index is 0.272. The van der Waals surface area contributed by atoms with Crippen LogP contribution in [0, 0.1) is 17.8 Å². The van der Waals surface area contributed by atoms with Gasteiger partial charge in [-0.3, -0.25) is 4.79 Å². The van der Waals surface area contributed by atoms with Crippen LogP contribution in [-0.4, -0.2) is 32.7 Å². The summed E-state index contributed by atoms with van der Waals surface area (Å²) in [7, 11) is 1.64. The van der Waals surface area contributed by atoms with E-state index in [1.807, 2.05) is 0 Å². The van der Waals surface area contributed by atoms with Gasteiger partial charge in [0.15, 0.2) is 5.78 Å². The molecule has 2 bridgehead atoms. The molecular weight excluding hydrogens is 204 g/mol. The highest BCUT2D eigenvalue weighted by molar-refractivity contribution is 5.79. The molecule has 0 radical (unpaired) electrons. The number of rotatable bonds is 7. The molecule has 2 fully saturated rings. The standard InChI is InChI=1S/C13H22O3/c1-15-4-5-16-9-13(14)8-12-7-10-2-3-11(12)6-10/h10-12H,2-9H2,1H3. The molecule has 0 saturated heterocycles. The van der Waals surface area contributed by atoms with Crippen LogP contribution in [0.15, 0.2) is 0 Å². The Morgan fingerprint density at radius 3 is 2.75 bits per heavy atom. The molecule has 2 rings (SSSR count). The molecule has 2 aliphatic rings. The Balaban J connectivity index is 1.60. The molecule has 0 aromatic heterocycles. The molecule has 3 unspecified atom stereocenters. The number of carbonyl (C=O) groups excluding carboxylic acids is 1. The van der Waals surface area contributed by atoms with Crippen molar-refractivity contribution in [2.45, 2.75) is 32.1 Å². The maximum atomic E-state index is 11.7. The van der Waals surface area contributed by atoms with Gasteiger partial charge >= 0.3 is 0 Å². The molecule has 16 heavy (non-hydrogen) atoms. The molecule has 0 aliphatic heterocycles. The Labute approximate surface area is 97.5 Å². The van der Waals surface area contributed by atoms with Crippen molar-refractivity contribution in [3.05, 3.63) is 0 Å². The first-order valence-corrected chi connectivity index (χ1v) is 6.38. The Kier molecular flexibility index (Phi) is 4.36. The second kappa shape index (κ2) is 5.78. The van der Waals surface area contributed by atoms with Gasteiger partial charge in [0.1, 0.15) is 6.61 Å². The van der Waals surface area contributed by atoms with Crippen LogP contribution in [0.25, 0.3) is 0 Å². The van der Waals surface area contributed by atoms with Gasteiger partial charge < -0.3 is 9.47 Å². The lowest BCUT2D eigenvalue weighted by atomic mass is 9.85. The summed E-state index contributed by atoms with van der Waals surface area (Å²) in [6.45, 7) is 1.37. The van der Waals surface area contributed by atoms with Crippen molar-refractivity contribution in [2.75, 3.05) is 26.9 Å². The third-order valence-corrected chi connectivity index (χ3v) is 4.07. The van der Waals surface area contributed by atoms with Crippen LogP contribution in [0.2, 0.25) is 0 Å². The van der Waals surface area contributed by atoms with Crippen molar-refractivity contribution in [3.8, 4) is 0 Å². The normalized spacial score (nSPS) is 32.2. The van der Waals surface area contributed by atoms with E-state index in [4.69, 9.17) is 9.47 Å². The Bertz CT molecular complexity index is 239. The van der Waals surface area contributed by atoms with Crippen LogP contribution < -0.4 is 0 Å². The number of ether oxygens (including phenoxy) is 2. The number of ketones is 1. The van der Waals surface area contributed by atoms with Gasteiger partial charge in [-0.2, -0.15) is 0 Å². The molecule has 0 N–H and O–H groups in total. The first-order valence-electron chi connectivity index (χ1n) is 6.38. The largest absolute Gasteiger partial charge is 0.382 e. The molecule has 0 amide bonds. The number of Topliss-reactive ketones (excluding diaryl/α,β-unsaturated/α-hetero) is 1. The van der Waals surface area contributed by atoms with E-state index in [0.29, 0.717) is 19.1 Å². The van der Waals surface area contributed by atoms with Crippen LogP contribution in [0.1, 0.15) is 32.1 Å². The zero-order valence-corrected chi connectivity index (χ0v) is 10.1. The molecule has 0 aromatic rings. The van der Waals surface area contributed by atoms with Gasteiger partial charge in [-0.05, 0) is 37.0 Å². The maximum absolute atomic E-state index is 11.7. The topological polar surface area (TPSA) is 35.5 Å². The molecule has 0 spiro atoms.